The third-order valence-electron chi connectivity index (χ3n) is 3.13. The lowest BCUT2D eigenvalue weighted by Gasteiger charge is -2.10. The number of nitrogens with one attached hydrogen (secondary N) is 1. The standard InChI is InChI=1S/C13H21N3O3/c1-15(2)7-3-4-12(17)14-8-11-9-16(10-5-6-10)13(18)19-11/h3-4,10-11H,5-9H2,1-2H3,(H,14,17)/b4-3+. The molecule has 0 aromatic rings. The number of carbonyl (C=O) groups is 2. The van der Waals surface area contributed by atoms with Crippen LogP contribution in [0, 0.1) is 0 Å². The van der Waals surface area contributed by atoms with E-state index in [1.807, 2.05) is 19.0 Å². The molecule has 6 heteroatoms. The molecular weight excluding hydrogens is 246 g/mol. The first-order chi connectivity index (χ1) is 9.06. The minimum absolute atomic E-state index is 0.150. The normalized spacial score (nSPS) is 23.2. The fourth-order valence-corrected chi connectivity index (χ4v) is 1.98. The van der Waals surface area contributed by atoms with Crippen LogP contribution in [-0.2, 0) is 9.53 Å². The predicted octanol–water partition coefficient (Wildman–Crippen LogP) is 0.204. The molecule has 1 N–H and O–H groups in total. The molecule has 6 nitrogen and oxygen atoms in total. The Morgan fingerprint density at radius 1 is 1.53 bits per heavy atom. The predicted molar refractivity (Wildman–Crippen MR) is 70.7 cm³/mol. The van der Waals surface area contributed by atoms with Gasteiger partial charge in [0, 0.05) is 18.7 Å². The Bertz CT molecular complexity index is 377. The number of amides is 2. The summed E-state index contributed by atoms with van der Waals surface area (Å²) in [5.41, 5.74) is 0. The molecule has 0 radical (unpaired) electrons. The van der Waals surface area contributed by atoms with E-state index in [0.717, 1.165) is 19.4 Å². The first kappa shape index (κ1) is 13.9. The maximum Gasteiger partial charge on any atom is 0.410 e. The molecule has 2 amide bonds. The second kappa shape index (κ2) is 6.06. The van der Waals surface area contributed by atoms with Gasteiger partial charge in [0.2, 0.25) is 5.91 Å². The Kier molecular flexibility index (Phi) is 4.42. The van der Waals surface area contributed by atoms with E-state index in [0.29, 0.717) is 19.1 Å². The molecule has 2 rings (SSSR count). The Hall–Kier alpha value is -1.56. The Morgan fingerprint density at radius 3 is 2.89 bits per heavy atom. The number of nitrogens with zero attached hydrogens (tertiary/aromatic N) is 2. The fraction of sp³-hybridized carbons (Fsp3) is 0.692. The molecule has 1 aliphatic carbocycles. The minimum Gasteiger partial charge on any atom is -0.442 e. The van der Waals surface area contributed by atoms with E-state index in [4.69, 9.17) is 4.74 Å². The smallest absolute Gasteiger partial charge is 0.410 e. The summed E-state index contributed by atoms with van der Waals surface area (Å²) in [4.78, 5) is 26.8. The molecule has 1 saturated heterocycles. The van der Waals surface area contributed by atoms with E-state index in [1.54, 1.807) is 11.0 Å². The fourth-order valence-electron chi connectivity index (χ4n) is 1.98. The Balaban J connectivity index is 1.67. The molecule has 2 fully saturated rings. The van der Waals surface area contributed by atoms with Crippen molar-refractivity contribution in [2.24, 2.45) is 0 Å². The molecule has 0 aromatic carbocycles. The summed E-state index contributed by atoms with van der Waals surface area (Å²) in [5, 5.41) is 2.75. The SMILES string of the molecule is CN(C)C/C=C/C(=O)NCC1CN(C2CC2)C(=O)O1. The van der Waals surface area contributed by atoms with Crippen molar-refractivity contribution in [3.63, 3.8) is 0 Å². The molecule has 1 atom stereocenters. The van der Waals surface area contributed by atoms with E-state index in [-0.39, 0.29) is 18.1 Å². The number of ether oxygens (including phenoxy) is 1. The van der Waals surface area contributed by atoms with Gasteiger partial charge in [0.15, 0.2) is 0 Å². The Labute approximate surface area is 113 Å². The van der Waals surface area contributed by atoms with Crippen molar-refractivity contribution in [3.8, 4) is 0 Å². The van der Waals surface area contributed by atoms with Gasteiger partial charge in [0.05, 0.1) is 13.1 Å². The van der Waals surface area contributed by atoms with E-state index >= 15 is 0 Å². The van der Waals surface area contributed by atoms with E-state index in [2.05, 4.69) is 5.32 Å². The van der Waals surface area contributed by atoms with Crippen molar-refractivity contribution in [1.29, 1.82) is 0 Å². The lowest BCUT2D eigenvalue weighted by Crippen LogP contribution is -2.34. The van der Waals surface area contributed by atoms with Crippen molar-refractivity contribution in [2.45, 2.75) is 25.0 Å². The van der Waals surface area contributed by atoms with Gasteiger partial charge in [0.1, 0.15) is 6.10 Å². The molecule has 106 valence electrons. The molecule has 0 spiro atoms. The summed E-state index contributed by atoms with van der Waals surface area (Å²) in [7, 11) is 3.87. The minimum atomic E-state index is -0.245. The number of carbonyl (C=O) groups excluding carboxylic acids is 2. The summed E-state index contributed by atoms with van der Waals surface area (Å²) >= 11 is 0. The molecular formula is C13H21N3O3. The highest BCUT2D eigenvalue weighted by atomic mass is 16.6. The van der Waals surface area contributed by atoms with Crippen LogP contribution >= 0.6 is 0 Å². The second-order valence-electron chi connectivity index (χ2n) is 5.30. The summed E-state index contributed by atoms with van der Waals surface area (Å²) in [6, 6.07) is 0.369. The van der Waals surface area contributed by atoms with Crippen LogP contribution in [-0.4, -0.2) is 67.7 Å². The van der Waals surface area contributed by atoms with Gasteiger partial charge in [-0.2, -0.15) is 0 Å². The van der Waals surface area contributed by atoms with Crippen molar-refractivity contribution >= 4 is 12.0 Å². The number of hydrogen-bond donors (Lipinski definition) is 1. The van der Waals surface area contributed by atoms with Gasteiger partial charge in [-0.1, -0.05) is 6.08 Å². The first-order valence-corrected chi connectivity index (χ1v) is 6.62. The van der Waals surface area contributed by atoms with Crippen LogP contribution in [0.1, 0.15) is 12.8 Å². The highest BCUT2D eigenvalue weighted by Crippen LogP contribution is 2.30. The van der Waals surface area contributed by atoms with Crippen molar-refractivity contribution < 1.29 is 14.3 Å². The number of hydrogen-bond acceptors (Lipinski definition) is 4. The average Bonchev–Trinajstić information content (AvgIpc) is 3.10. The maximum atomic E-state index is 11.5. The van der Waals surface area contributed by atoms with E-state index < -0.39 is 0 Å². The summed E-state index contributed by atoms with van der Waals surface area (Å²) in [6.07, 6.45) is 4.98. The quantitative estimate of drug-likeness (QED) is 0.699. The van der Waals surface area contributed by atoms with Gasteiger partial charge < -0.3 is 19.9 Å². The highest BCUT2D eigenvalue weighted by molar-refractivity contribution is 5.87. The van der Waals surface area contributed by atoms with Crippen molar-refractivity contribution in [1.82, 2.24) is 15.1 Å². The Morgan fingerprint density at radius 2 is 2.26 bits per heavy atom. The van der Waals surface area contributed by atoms with Gasteiger partial charge in [-0.05, 0) is 26.9 Å². The lowest BCUT2D eigenvalue weighted by molar-refractivity contribution is -0.116. The van der Waals surface area contributed by atoms with Crippen LogP contribution in [0.5, 0.6) is 0 Å². The third kappa shape index (κ3) is 4.24. The van der Waals surface area contributed by atoms with Crippen molar-refractivity contribution in [2.75, 3.05) is 33.7 Å². The molecule has 1 saturated carbocycles. The van der Waals surface area contributed by atoms with Gasteiger partial charge in [-0.15, -0.1) is 0 Å². The second-order valence-corrected chi connectivity index (χ2v) is 5.30. The van der Waals surface area contributed by atoms with Gasteiger partial charge in [-0.3, -0.25) is 4.79 Å². The van der Waals surface area contributed by atoms with Gasteiger partial charge >= 0.3 is 6.09 Å². The number of likely N-dealkylation sites (N-methyl/N-ethyl adjacent to an activating group) is 1. The first-order valence-electron chi connectivity index (χ1n) is 6.62. The van der Waals surface area contributed by atoms with E-state index in [1.165, 1.54) is 6.08 Å². The molecule has 1 unspecified atom stereocenters. The van der Waals surface area contributed by atoms with Crippen LogP contribution in [0.2, 0.25) is 0 Å². The molecule has 19 heavy (non-hydrogen) atoms. The third-order valence-corrected chi connectivity index (χ3v) is 3.13. The molecule has 1 heterocycles. The monoisotopic (exact) mass is 267 g/mol. The van der Waals surface area contributed by atoms with Crippen LogP contribution in [0.4, 0.5) is 4.79 Å². The lowest BCUT2D eigenvalue weighted by atomic mass is 10.3. The molecule has 0 bridgehead atoms. The molecule has 2 aliphatic rings. The zero-order valence-electron chi connectivity index (χ0n) is 11.5. The zero-order valence-corrected chi connectivity index (χ0v) is 11.5. The van der Waals surface area contributed by atoms with Gasteiger partial charge in [0.25, 0.3) is 0 Å². The zero-order chi connectivity index (χ0) is 13.8. The maximum absolute atomic E-state index is 11.5. The molecule has 0 aromatic heterocycles. The van der Waals surface area contributed by atoms with Crippen LogP contribution in [0.15, 0.2) is 12.2 Å². The van der Waals surface area contributed by atoms with Crippen LogP contribution < -0.4 is 5.32 Å². The van der Waals surface area contributed by atoms with Gasteiger partial charge in [-0.25, -0.2) is 4.79 Å². The van der Waals surface area contributed by atoms with E-state index in [9.17, 15) is 9.59 Å². The number of rotatable bonds is 6. The topological polar surface area (TPSA) is 61.9 Å². The van der Waals surface area contributed by atoms with Crippen LogP contribution in [0.25, 0.3) is 0 Å². The summed E-state index contributed by atoms with van der Waals surface area (Å²) in [5.74, 6) is -0.150. The average molecular weight is 267 g/mol. The summed E-state index contributed by atoms with van der Waals surface area (Å²) < 4.78 is 5.21. The largest absolute Gasteiger partial charge is 0.442 e. The number of cyclic esters (lactones) is 1. The van der Waals surface area contributed by atoms with Crippen LogP contribution in [0.3, 0.4) is 0 Å². The van der Waals surface area contributed by atoms with Crippen molar-refractivity contribution in [3.05, 3.63) is 12.2 Å². The highest BCUT2D eigenvalue weighted by Gasteiger charge is 2.40. The molecule has 1 aliphatic heterocycles. The summed E-state index contributed by atoms with van der Waals surface area (Å²) in [6.45, 7) is 1.69.